The molecule has 1 aromatic heterocycles. The molecule has 1 saturated heterocycles. The number of nitrogens with zero attached hydrogens (tertiary/aromatic N) is 2. The predicted molar refractivity (Wildman–Crippen MR) is 67.1 cm³/mol. The van der Waals surface area contributed by atoms with Crippen molar-refractivity contribution in [3.63, 3.8) is 0 Å². The van der Waals surface area contributed by atoms with Gasteiger partial charge in [0.1, 0.15) is 4.88 Å². The second kappa shape index (κ2) is 5.01. The number of carbonyl (C=O) groups is 1. The maximum Gasteiger partial charge on any atom is 0.265 e. The third-order valence-electron chi connectivity index (χ3n) is 2.98. The van der Waals surface area contributed by atoms with Crippen molar-refractivity contribution < 1.29 is 9.53 Å². The van der Waals surface area contributed by atoms with Crippen LogP contribution in [-0.2, 0) is 4.74 Å². The zero-order valence-corrected chi connectivity index (χ0v) is 10.9. The van der Waals surface area contributed by atoms with Crippen molar-refractivity contribution in [2.24, 2.45) is 5.92 Å². The molecular weight excluding hydrogens is 238 g/mol. The third-order valence-corrected chi connectivity index (χ3v) is 3.96. The number of aromatic nitrogens is 1. The highest BCUT2D eigenvalue weighted by molar-refractivity contribution is 7.17. The van der Waals surface area contributed by atoms with Crippen LogP contribution in [0.15, 0.2) is 0 Å². The Morgan fingerprint density at radius 1 is 1.71 bits per heavy atom. The third kappa shape index (κ3) is 2.58. The summed E-state index contributed by atoms with van der Waals surface area (Å²) < 4.78 is 5.12. The van der Waals surface area contributed by atoms with Crippen molar-refractivity contribution in [3.05, 3.63) is 10.6 Å². The number of methoxy groups -OCH3 is 1. The number of amides is 1. The van der Waals surface area contributed by atoms with Gasteiger partial charge >= 0.3 is 0 Å². The average Bonchev–Trinajstić information content (AvgIpc) is 2.85. The van der Waals surface area contributed by atoms with Crippen molar-refractivity contribution in [2.45, 2.75) is 13.3 Å². The molecule has 17 heavy (non-hydrogen) atoms. The predicted octanol–water partition coefficient (Wildman–Crippen LogP) is 1.14. The molecule has 0 bridgehead atoms. The van der Waals surface area contributed by atoms with E-state index in [1.165, 1.54) is 11.3 Å². The van der Waals surface area contributed by atoms with Gasteiger partial charge in [0.15, 0.2) is 5.13 Å². The van der Waals surface area contributed by atoms with E-state index in [1.807, 2.05) is 11.8 Å². The molecule has 1 unspecified atom stereocenters. The minimum Gasteiger partial charge on any atom is -0.384 e. The second-order valence-corrected chi connectivity index (χ2v) is 5.36. The standard InChI is InChI=1S/C11H17N3O2S/c1-7-9(17-11(12)13-7)10(15)14-4-3-8(5-14)6-16-2/h8H,3-6H2,1-2H3,(H2,12,13). The molecule has 2 rings (SSSR count). The van der Waals surface area contributed by atoms with Crippen LogP contribution in [0.3, 0.4) is 0 Å². The van der Waals surface area contributed by atoms with E-state index in [2.05, 4.69) is 4.98 Å². The highest BCUT2D eigenvalue weighted by Gasteiger charge is 2.28. The molecule has 1 fully saturated rings. The maximum atomic E-state index is 12.2. The molecule has 1 aliphatic heterocycles. The van der Waals surface area contributed by atoms with Crippen LogP contribution in [0.5, 0.6) is 0 Å². The van der Waals surface area contributed by atoms with Gasteiger partial charge in [0.25, 0.3) is 5.91 Å². The highest BCUT2D eigenvalue weighted by atomic mass is 32.1. The van der Waals surface area contributed by atoms with Gasteiger partial charge in [-0.3, -0.25) is 4.79 Å². The summed E-state index contributed by atoms with van der Waals surface area (Å²) in [6, 6.07) is 0. The van der Waals surface area contributed by atoms with Gasteiger partial charge in [0, 0.05) is 26.1 Å². The second-order valence-electron chi connectivity index (χ2n) is 4.33. The number of carbonyl (C=O) groups excluding carboxylic acids is 1. The fraction of sp³-hybridized carbons (Fsp3) is 0.636. The minimum atomic E-state index is 0.0512. The molecule has 0 aliphatic carbocycles. The Morgan fingerprint density at radius 3 is 3.06 bits per heavy atom. The number of ether oxygens (including phenoxy) is 1. The average molecular weight is 255 g/mol. The normalized spacial score (nSPS) is 19.9. The highest BCUT2D eigenvalue weighted by Crippen LogP contribution is 2.25. The summed E-state index contributed by atoms with van der Waals surface area (Å²) in [6.45, 7) is 4.10. The lowest BCUT2D eigenvalue weighted by atomic mass is 10.1. The van der Waals surface area contributed by atoms with Crippen molar-refractivity contribution in [3.8, 4) is 0 Å². The molecule has 1 amide bonds. The number of nitrogen functional groups attached to an aromatic ring is 1. The Bertz CT molecular complexity index is 419. The summed E-state index contributed by atoms with van der Waals surface area (Å²) in [6.07, 6.45) is 1.01. The molecule has 1 aromatic rings. The minimum absolute atomic E-state index is 0.0512. The molecule has 1 atom stereocenters. The van der Waals surface area contributed by atoms with E-state index >= 15 is 0 Å². The number of rotatable bonds is 3. The Hall–Kier alpha value is -1.14. The van der Waals surface area contributed by atoms with Gasteiger partial charge in [-0.2, -0.15) is 0 Å². The molecule has 0 aromatic carbocycles. The van der Waals surface area contributed by atoms with E-state index in [4.69, 9.17) is 10.5 Å². The molecular formula is C11H17N3O2S. The fourth-order valence-electron chi connectivity index (χ4n) is 2.15. The Balaban J connectivity index is 2.04. The SMILES string of the molecule is COCC1CCN(C(=O)c2sc(N)nc2C)C1. The van der Waals surface area contributed by atoms with Crippen LogP contribution >= 0.6 is 11.3 Å². The quantitative estimate of drug-likeness (QED) is 0.879. The molecule has 0 saturated carbocycles. The van der Waals surface area contributed by atoms with E-state index in [-0.39, 0.29) is 5.91 Å². The van der Waals surface area contributed by atoms with Crippen molar-refractivity contribution in [1.29, 1.82) is 0 Å². The van der Waals surface area contributed by atoms with Gasteiger partial charge in [0.2, 0.25) is 0 Å². The molecule has 94 valence electrons. The Labute approximate surface area is 105 Å². The van der Waals surface area contributed by atoms with Gasteiger partial charge in [0.05, 0.1) is 12.3 Å². The molecule has 0 spiro atoms. The van der Waals surface area contributed by atoms with E-state index in [1.54, 1.807) is 7.11 Å². The van der Waals surface area contributed by atoms with Gasteiger partial charge in [-0.25, -0.2) is 4.98 Å². The molecule has 5 nitrogen and oxygen atoms in total. The fourth-order valence-corrected chi connectivity index (χ4v) is 2.95. The molecule has 6 heteroatoms. The summed E-state index contributed by atoms with van der Waals surface area (Å²) in [5.74, 6) is 0.504. The van der Waals surface area contributed by atoms with Crippen LogP contribution in [0, 0.1) is 12.8 Å². The number of hydrogen-bond acceptors (Lipinski definition) is 5. The molecule has 2 heterocycles. The molecule has 1 aliphatic rings. The summed E-state index contributed by atoms with van der Waals surface area (Å²) in [7, 11) is 1.69. The number of likely N-dealkylation sites (tertiary alicyclic amines) is 1. The van der Waals surface area contributed by atoms with Crippen LogP contribution in [0.4, 0.5) is 5.13 Å². The Morgan fingerprint density at radius 2 is 2.47 bits per heavy atom. The lowest BCUT2D eigenvalue weighted by Crippen LogP contribution is -2.29. The van der Waals surface area contributed by atoms with Crippen LogP contribution in [0.25, 0.3) is 0 Å². The summed E-state index contributed by atoms with van der Waals surface area (Å²) in [4.78, 5) is 18.8. The lowest BCUT2D eigenvalue weighted by Gasteiger charge is -2.15. The van der Waals surface area contributed by atoms with Gasteiger partial charge in [-0.05, 0) is 13.3 Å². The summed E-state index contributed by atoms with van der Waals surface area (Å²) >= 11 is 1.27. The maximum absolute atomic E-state index is 12.2. The lowest BCUT2D eigenvalue weighted by molar-refractivity contribution is 0.0779. The monoisotopic (exact) mass is 255 g/mol. The molecule has 0 radical (unpaired) electrons. The number of anilines is 1. The van der Waals surface area contributed by atoms with Crippen molar-refractivity contribution >= 4 is 22.4 Å². The Kier molecular flexibility index (Phi) is 3.63. The number of aryl methyl sites for hydroxylation is 1. The number of hydrogen-bond donors (Lipinski definition) is 1. The van der Waals surface area contributed by atoms with Crippen LogP contribution in [0.1, 0.15) is 21.8 Å². The largest absolute Gasteiger partial charge is 0.384 e. The van der Waals surface area contributed by atoms with Crippen LogP contribution < -0.4 is 5.73 Å². The first-order valence-corrected chi connectivity index (χ1v) is 6.44. The summed E-state index contributed by atoms with van der Waals surface area (Å²) in [5.41, 5.74) is 6.34. The first kappa shape index (κ1) is 12.3. The van der Waals surface area contributed by atoms with Crippen molar-refractivity contribution in [2.75, 3.05) is 32.5 Å². The first-order valence-electron chi connectivity index (χ1n) is 5.63. The van der Waals surface area contributed by atoms with E-state index < -0.39 is 0 Å². The van der Waals surface area contributed by atoms with E-state index in [9.17, 15) is 4.79 Å². The zero-order chi connectivity index (χ0) is 12.4. The van der Waals surface area contributed by atoms with Gasteiger partial charge in [-0.1, -0.05) is 11.3 Å². The summed E-state index contributed by atoms with van der Waals surface area (Å²) in [5, 5.41) is 0.457. The zero-order valence-electron chi connectivity index (χ0n) is 10.1. The van der Waals surface area contributed by atoms with Crippen molar-refractivity contribution in [1.82, 2.24) is 9.88 Å². The van der Waals surface area contributed by atoms with Crippen LogP contribution in [0.2, 0.25) is 0 Å². The van der Waals surface area contributed by atoms with E-state index in [0.29, 0.717) is 22.5 Å². The first-order chi connectivity index (χ1) is 8.11. The van der Waals surface area contributed by atoms with E-state index in [0.717, 1.165) is 25.2 Å². The van der Waals surface area contributed by atoms with Crippen LogP contribution in [-0.4, -0.2) is 42.6 Å². The number of thiazole rings is 1. The van der Waals surface area contributed by atoms with Gasteiger partial charge < -0.3 is 15.4 Å². The topological polar surface area (TPSA) is 68.5 Å². The van der Waals surface area contributed by atoms with Gasteiger partial charge in [-0.15, -0.1) is 0 Å². The smallest absolute Gasteiger partial charge is 0.265 e. The molecule has 2 N–H and O–H groups in total. The number of nitrogens with two attached hydrogens (primary N) is 1.